The molecule has 28 heavy (non-hydrogen) atoms. The normalized spacial score (nSPS) is 14.9. The number of carbonyl (C=O) groups is 2. The van der Waals surface area contributed by atoms with Crippen LogP contribution in [0.4, 0.5) is 11.5 Å². The van der Waals surface area contributed by atoms with Crippen molar-refractivity contribution in [2.75, 3.05) is 23.3 Å². The van der Waals surface area contributed by atoms with Crippen LogP contribution in [0.15, 0.2) is 36.4 Å². The number of amides is 1. The highest BCUT2D eigenvalue weighted by Crippen LogP contribution is 2.23. The van der Waals surface area contributed by atoms with Crippen LogP contribution in [0.2, 0.25) is 0 Å². The molecule has 0 bridgehead atoms. The predicted octanol–water partition coefficient (Wildman–Crippen LogP) is 1.00. The highest BCUT2D eigenvalue weighted by Gasteiger charge is 2.26. The zero-order chi connectivity index (χ0) is 19.5. The summed E-state index contributed by atoms with van der Waals surface area (Å²) in [4.78, 5) is 25.4. The summed E-state index contributed by atoms with van der Waals surface area (Å²) < 4.78 is 1.39. The molecular formula is C18H19N7O3. The zero-order valence-electron chi connectivity index (χ0n) is 15.0. The van der Waals surface area contributed by atoms with Crippen LogP contribution in [-0.2, 0) is 16.0 Å². The summed E-state index contributed by atoms with van der Waals surface area (Å²) in [6, 6.07) is 10.6. The second-order valence-corrected chi connectivity index (χ2v) is 6.74. The number of aliphatic carboxylic acids is 1. The van der Waals surface area contributed by atoms with Crippen molar-refractivity contribution in [2.45, 2.75) is 19.3 Å². The van der Waals surface area contributed by atoms with Gasteiger partial charge in [0, 0.05) is 24.7 Å². The lowest BCUT2D eigenvalue weighted by molar-refractivity contribution is -0.136. The number of nitrogens with one attached hydrogen (secondary N) is 1. The Kier molecular flexibility index (Phi) is 4.83. The molecule has 1 saturated heterocycles. The first-order valence-electron chi connectivity index (χ1n) is 9.00. The van der Waals surface area contributed by atoms with E-state index in [1.165, 1.54) is 4.63 Å². The molecule has 10 heteroatoms. The maximum absolute atomic E-state index is 12.5. The SMILES string of the molecule is O=C(O)Cc1ccc(NC(=O)C2CCN(c3ccc4nnnn4n3)CC2)cc1. The molecule has 1 aliphatic heterocycles. The van der Waals surface area contributed by atoms with Gasteiger partial charge in [0.25, 0.3) is 0 Å². The second-order valence-electron chi connectivity index (χ2n) is 6.74. The number of piperidine rings is 1. The molecule has 0 saturated carbocycles. The molecule has 3 heterocycles. The molecule has 0 aliphatic carbocycles. The number of carbonyl (C=O) groups excluding carboxylic acids is 1. The van der Waals surface area contributed by atoms with E-state index in [4.69, 9.17) is 5.11 Å². The number of carboxylic acid groups (broad SMARTS) is 1. The van der Waals surface area contributed by atoms with Gasteiger partial charge in [-0.25, -0.2) is 0 Å². The summed E-state index contributed by atoms with van der Waals surface area (Å²) in [5.74, 6) is -0.189. The van der Waals surface area contributed by atoms with Crippen molar-refractivity contribution in [3.63, 3.8) is 0 Å². The number of fused-ring (bicyclic) bond motifs is 1. The van der Waals surface area contributed by atoms with Crippen molar-refractivity contribution < 1.29 is 14.7 Å². The molecule has 4 rings (SSSR count). The Balaban J connectivity index is 1.32. The highest BCUT2D eigenvalue weighted by atomic mass is 16.4. The van der Waals surface area contributed by atoms with Gasteiger partial charge in [0.1, 0.15) is 0 Å². The van der Waals surface area contributed by atoms with Gasteiger partial charge in [0.2, 0.25) is 5.91 Å². The average molecular weight is 381 g/mol. The number of nitrogens with zero attached hydrogens (tertiary/aromatic N) is 6. The van der Waals surface area contributed by atoms with Gasteiger partial charge in [-0.2, -0.15) is 0 Å². The number of anilines is 2. The Morgan fingerprint density at radius 2 is 1.86 bits per heavy atom. The Morgan fingerprint density at radius 1 is 1.11 bits per heavy atom. The van der Waals surface area contributed by atoms with Crippen LogP contribution in [0.5, 0.6) is 0 Å². The lowest BCUT2D eigenvalue weighted by Gasteiger charge is -2.31. The van der Waals surface area contributed by atoms with Crippen LogP contribution in [-0.4, -0.2) is 55.3 Å². The van der Waals surface area contributed by atoms with Crippen LogP contribution >= 0.6 is 0 Å². The summed E-state index contributed by atoms with van der Waals surface area (Å²) in [5.41, 5.74) is 1.96. The van der Waals surface area contributed by atoms with Gasteiger partial charge >= 0.3 is 5.97 Å². The van der Waals surface area contributed by atoms with Crippen molar-refractivity contribution in [3.8, 4) is 0 Å². The van der Waals surface area contributed by atoms with E-state index < -0.39 is 5.97 Å². The van der Waals surface area contributed by atoms with Gasteiger partial charge in [0.15, 0.2) is 11.5 Å². The van der Waals surface area contributed by atoms with Gasteiger partial charge in [0.05, 0.1) is 6.42 Å². The monoisotopic (exact) mass is 381 g/mol. The Morgan fingerprint density at radius 3 is 2.57 bits per heavy atom. The minimum Gasteiger partial charge on any atom is -0.481 e. The summed E-state index contributed by atoms with van der Waals surface area (Å²) in [6.45, 7) is 1.44. The van der Waals surface area contributed by atoms with Crippen LogP contribution in [0, 0.1) is 5.92 Å². The van der Waals surface area contributed by atoms with E-state index in [1.54, 1.807) is 24.3 Å². The summed E-state index contributed by atoms with van der Waals surface area (Å²) in [6.07, 6.45) is 1.41. The zero-order valence-corrected chi connectivity index (χ0v) is 15.0. The lowest BCUT2D eigenvalue weighted by Crippen LogP contribution is -2.38. The van der Waals surface area contributed by atoms with Gasteiger partial charge in [-0.3, -0.25) is 9.59 Å². The number of tetrazole rings is 1. The molecule has 10 nitrogen and oxygen atoms in total. The first-order chi connectivity index (χ1) is 13.6. The molecule has 1 aliphatic rings. The summed E-state index contributed by atoms with van der Waals surface area (Å²) in [5, 5.41) is 27.3. The van der Waals surface area contributed by atoms with Crippen LogP contribution < -0.4 is 10.2 Å². The molecule has 1 amide bonds. The fourth-order valence-corrected chi connectivity index (χ4v) is 3.30. The van der Waals surface area contributed by atoms with Crippen molar-refractivity contribution in [2.24, 2.45) is 5.92 Å². The molecule has 1 aromatic carbocycles. The highest BCUT2D eigenvalue weighted by molar-refractivity contribution is 5.92. The third-order valence-corrected chi connectivity index (χ3v) is 4.82. The van der Waals surface area contributed by atoms with E-state index >= 15 is 0 Å². The molecule has 3 aromatic rings. The maximum atomic E-state index is 12.5. The van der Waals surface area contributed by atoms with E-state index in [0.717, 1.165) is 31.7 Å². The first-order valence-corrected chi connectivity index (χ1v) is 9.00. The third kappa shape index (κ3) is 3.90. The number of benzene rings is 1. The average Bonchev–Trinajstić information content (AvgIpc) is 3.17. The fraction of sp³-hybridized carbons (Fsp3) is 0.333. The summed E-state index contributed by atoms with van der Waals surface area (Å²) in [7, 11) is 0. The molecule has 2 N–H and O–H groups in total. The summed E-state index contributed by atoms with van der Waals surface area (Å²) >= 11 is 0. The fourth-order valence-electron chi connectivity index (χ4n) is 3.30. The minimum absolute atomic E-state index is 0.0190. The van der Waals surface area contributed by atoms with Gasteiger partial charge in [-0.05, 0) is 53.1 Å². The topological polar surface area (TPSA) is 126 Å². The number of aromatic nitrogens is 5. The van der Waals surface area contributed by atoms with E-state index in [0.29, 0.717) is 16.9 Å². The van der Waals surface area contributed by atoms with Gasteiger partial charge in [-0.1, -0.05) is 12.1 Å². The van der Waals surface area contributed by atoms with Crippen molar-refractivity contribution in [1.82, 2.24) is 25.3 Å². The molecule has 0 atom stereocenters. The van der Waals surface area contributed by atoms with E-state index in [9.17, 15) is 9.59 Å². The number of hydrogen-bond acceptors (Lipinski definition) is 7. The van der Waals surface area contributed by atoms with Crippen molar-refractivity contribution >= 4 is 29.0 Å². The standard InChI is InChI=1S/C18H19N7O3/c26-17(27)11-12-1-3-14(4-2-12)19-18(28)13-7-9-24(10-8-13)16-6-5-15-20-22-23-25(15)21-16/h1-6,13H,7-11H2,(H,19,28)(H,26,27). The van der Waals surface area contributed by atoms with Crippen LogP contribution in [0.3, 0.4) is 0 Å². The van der Waals surface area contributed by atoms with E-state index in [-0.39, 0.29) is 18.2 Å². The smallest absolute Gasteiger partial charge is 0.307 e. The van der Waals surface area contributed by atoms with E-state index in [2.05, 4.69) is 30.8 Å². The number of carboxylic acids is 1. The molecule has 0 spiro atoms. The Labute approximate surface area is 160 Å². The van der Waals surface area contributed by atoms with E-state index in [1.807, 2.05) is 12.1 Å². The molecular weight excluding hydrogens is 362 g/mol. The van der Waals surface area contributed by atoms with Crippen LogP contribution in [0.1, 0.15) is 18.4 Å². The second kappa shape index (κ2) is 7.59. The Bertz CT molecular complexity index is 994. The third-order valence-electron chi connectivity index (χ3n) is 4.82. The molecule has 0 radical (unpaired) electrons. The van der Waals surface area contributed by atoms with Gasteiger partial charge < -0.3 is 15.3 Å². The van der Waals surface area contributed by atoms with Crippen molar-refractivity contribution in [3.05, 3.63) is 42.0 Å². The van der Waals surface area contributed by atoms with Gasteiger partial charge in [-0.15, -0.1) is 14.8 Å². The number of hydrogen-bond donors (Lipinski definition) is 2. The van der Waals surface area contributed by atoms with Crippen molar-refractivity contribution in [1.29, 1.82) is 0 Å². The Hall–Kier alpha value is -3.56. The maximum Gasteiger partial charge on any atom is 0.307 e. The lowest BCUT2D eigenvalue weighted by atomic mass is 9.95. The molecule has 0 unspecified atom stereocenters. The molecule has 144 valence electrons. The molecule has 1 fully saturated rings. The number of rotatable bonds is 5. The van der Waals surface area contributed by atoms with Crippen LogP contribution in [0.25, 0.3) is 5.65 Å². The predicted molar refractivity (Wildman–Crippen MR) is 99.9 cm³/mol. The first kappa shape index (κ1) is 17.8. The quantitative estimate of drug-likeness (QED) is 0.670. The minimum atomic E-state index is -0.878. The largest absolute Gasteiger partial charge is 0.481 e. The molecule has 2 aromatic heterocycles.